The Morgan fingerprint density at radius 1 is 1.00 bits per heavy atom. The Morgan fingerprint density at radius 3 is 2.16 bits per heavy atom. The van der Waals surface area contributed by atoms with Gasteiger partial charge in [-0.05, 0) is 42.0 Å². The molecule has 0 bridgehead atoms. The fraction of sp³-hybridized carbons (Fsp3) is 0.375. The van der Waals surface area contributed by atoms with Crippen molar-refractivity contribution in [3.05, 3.63) is 59.7 Å². The van der Waals surface area contributed by atoms with Crippen LogP contribution in [0.5, 0.6) is 0 Å². The van der Waals surface area contributed by atoms with Crippen LogP contribution in [0.1, 0.15) is 43.2 Å². The topological polar surface area (TPSA) is 125 Å². The number of aliphatic hydroxyl groups excluding tert-OH is 1. The lowest BCUT2D eigenvalue weighted by molar-refractivity contribution is -0.137. The van der Waals surface area contributed by atoms with Gasteiger partial charge in [0.2, 0.25) is 5.91 Å². The summed E-state index contributed by atoms with van der Waals surface area (Å²) in [5.41, 5.74) is 4.35. The first kappa shape index (κ1) is 23.3. The first-order chi connectivity index (χ1) is 15.4. The molecule has 0 saturated heterocycles. The molecule has 0 radical (unpaired) electrons. The zero-order valence-electron chi connectivity index (χ0n) is 17.9. The van der Waals surface area contributed by atoms with E-state index in [-0.39, 0.29) is 31.9 Å². The lowest BCUT2D eigenvalue weighted by atomic mass is 9.98. The molecule has 1 aliphatic carbocycles. The third-order valence-corrected chi connectivity index (χ3v) is 5.46. The third kappa shape index (κ3) is 5.85. The fourth-order valence-electron chi connectivity index (χ4n) is 3.85. The fourth-order valence-corrected chi connectivity index (χ4v) is 3.85. The Hall–Kier alpha value is -3.39. The number of nitrogens with one attached hydrogen (secondary N) is 2. The van der Waals surface area contributed by atoms with Gasteiger partial charge in [-0.25, -0.2) is 4.79 Å². The highest BCUT2D eigenvalue weighted by Crippen LogP contribution is 2.44. The van der Waals surface area contributed by atoms with Crippen molar-refractivity contribution in [3.8, 4) is 11.1 Å². The molecule has 3 rings (SSSR count). The van der Waals surface area contributed by atoms with Gasteiger partial charge in [0, 0.05) is 18.9 Å². The van der Waals surface area contributed by atoms with Crippen molar-refractivity contribution in [2.24, 2.45) is 0 Å². The number of aliphatic hydroxyl groups is 1. The summed E-state index contributed by atoms with van der Waals surface area (Å²) in [7, 11) is 0. The molecule has 2 atom stereocenters. The first-order valence-corrected chi connectivity index (χ1v) is 10.7. The minimum absolute atomic E-state index is 0.0694. The predicted molar refractivity (Wildman–Crippen MR) is 118 cm³/mol. The van der Waals surface area contributed by atoms with Gasteiger partial charge in [0.25, 0.3) is 0 Å². The summed E-state index contributed by atoms with van der Waals surface area (Å²) in [5, 5.41) is 23.4. The Labute approximate surface area is 186 Å². The number of amides is 2. The molecule has 170 valence electrons. The number of fused-ring (bicyclic) bond motifs is 3. The van der Waals surface area contributed by atoms with Crippen LogP contribution in [0.2, 0.25) is 0 Å². The molecular weight excluding hydrogens is 412 g/mol. The zero-order valence-corrected chi connectivity index (χ0v) is 17.9. The van der Waals surface area contributed by atoms with E-state index in [1.54, 1.807) is 6.92 Å². The van der Waals surface area contributed by atoms with Crippen molar-refractivity contribution in [2.45, 2.75) is 44.2 Å². The second-order valence-corrected chi connectivity index (χ2v) is 7.88. The van der Waals surface area contributed by atoms with Crippen LogP contribution in [-0.4, -0.2) is 53.5 Å². The summed E-state index contributed by atoms with van der Waals surface area (Å²) in [5.74, 6) is -1.70. The number of ether oxygens (including phenoxy) is 1. The van der Waals surface area contributed by atoms with E-state index in [9.17, 15) is 19.5 Å². The number of hydrogen-bond donors (Lipinski definition) is 4. The van der Waals surface area contributed by atoms with Gasteiger partial charge in [-0.15, -0.1) is 0 Å². The van der Waals surface area contributed by atoms with Gasteiger partial charge >= 0.3 is 12.1 Å². The molecule has 0 aromatic heterocycles. The van der Waals surface area contributed by atoms with E-state index in [0.29, 0.717) is 6.42 Å². The molecule has 0 saturated carbocycles. The SMILES string of the molecule is CC(O)CCNC(=O)C(CCC(=O)O)NC(=O)OCC1c2ccccc2-c2ccccc21. The van der Waals surface area contributed by atoms with Crippen molar-refractivity contribution in [2.75, 3.05) is 13.2 Å². The van der Waals surface area contributed by atoms with E-state index >= 15 is 0 Å². The monoisotopic (exact) mass is 440 g/mol. The molecule has 8 nitrogen and oxygen atoms in total. The summed E-state index contributed by atoms with van der Waals surface area (Å²) in [6.07, 6.45) is -1.36. The Kier molecular flexibility index (Phi) is 7.83. The second-order valence-electron chi connectivity index (χ2n) is 7.88. The van der Waals surface area contributed by atoms with Crippen molar-refractivity contribution < 1.29 is 29.3 Å². The molecule has 2 unspecified atom stereocenters. The maximum atomic E-state index is 12.5. The van der Waals surface area contributed by atoms with Crippen molar-refractivity contribution in [3.63, 3.8) is 0 Å². The number of aliphatic carboxylic acids is 1. The first-order valence-electron chi connectivity index (χ1n) is 10.7. The Morgan fingerprint density at radius 2 is 1.59 bits per heavy atom. The van der Waals surface area contributed by atoms with E-state index in [1.807, 2.05) is 48.5 Å². The largest absolute Gasteiger partial charge is 0.481 e. The average Bonchev–Trinajstić information content (AvgIpc) is 3.08. The average molecular weight is 440 g/mol. The van der Waals surface area contributed by atoms with Crippen LogP contribution in [0.25, 0.3) is 11.1 Å². The number of carbonyl (C=O) groups excluding carboxylic acids is 2. The van der Waals surface area contributed by atoms with Crippen LogP contribution < -0.4 is 10.6 Å². The third-order valence-electron chi connectivity index (χ3n) is 5.46. The highest BCUT2D eigenvalue weighted by molar-refractivity contribution is 5.86. The quantitative estimate of drug-likeness (QED) is 0.450. The van der Waals surface area contributed by atoms with Gasteiger partial charge in [-0.1, -0.05) is 48.5 Å². The van der Waals surface area contributed by atoms with Crippen LogP contribution in [0.3, 0.4) is 0 Å². The maximum Gasteiger partial charge on any atom is 0.407 e. The van der Waals surface area contributed by atoms with E-state index in [0.717, 1.165) is 22.3 Å². The molecule has 2 aromatic rings. The highest BCUT2D eigenvalue weighted by Gasteiger charge is 2.29. The van der Waals surface area contributed by atoms with Crippen LogP contribution in [-0.2, 0) is 14.3 Å². The van der Waals surface area contributed by atoms with E-state index in [4.69, 9.17) is 9.84 Å². The molecule has 4 N–H and O–H groups in total. The molecule has 1 aliphatic rings. The minimum Gasteiger partial charge on any atom is -0.481 e. The van der Waals surface area contributed by atoms with Gasteiger partial charge in [0.05, 0.1) is 6.10 Å². The Bertz CT molecular complexity index is 929. The van der Waals surface area contributed by atoms with E-state index < -0.39 is 30.1 Å². The van der Waals surface area contributed by atoms with Gasteiger partial charge < -0.3 is 25.6 Å². The molecule has 0 spiro atoms. The van der Waals surface area contributed by atoms with Crippen molar-refractivity contribution in [1.29, 1.82) is 0 Å². The molecule has 8 heteroatoms. The normalized spacial score (nSPS) is 14.1. The maximum absolute atomic E-state index is 12.5. The number of carboxylic acid groups (broad SMARTS) is 1. The standard InChI is InChI=1S/C24H28N2O6/c1-15(27)12-13-25-23(30)21(10-11-22(28)29)26-24(31)32-14-20-18-8-4-2-6-16(18)17-7-3-5-9-19(17)20/h2-9,15,20-21,27H,10-14H2,1H3,(H,25,30)(H,26,31)(H,28,29). The van der Waals surface area contributed by atoms with Gasteiger partial charge in [-0.3, -0.25) is 9.59 Å². The molecule has 2 amide bonds. The molecule has 2 aromatic carbocycles. The van der Waals surface area contributed by atoms with Gasteiger partial charge in [0.15, 0.2) is 0 Å². The molecule has 32 heavy (non-hydrogen) atoms. The van der Waals surface area contributed by atoms with Crippen LogP contribution in [0, 0.1) is 0 Å². The van der Waals surface area contributed by atoms with Gasteiger partial charge in [-0.2, -0.15) is 0 Å². The zero-order chi connectivity index (χ0) is 23.1. The summed E-state index contributed by atoms with van der Waals surface area (Å²) in [4.78, 5) is 35.8. The van der Waals surface area contributed by atoms with Crippen LogP contribution in [0.4, 0.5) is 4.79 Å². The number of carbonyl (C=O) groups is 3. The number of carboxylic acids is 1. The smallest absolute Gasteiger partial charge is 0.407 e. The number of hydrogen-bond acceptors (Lipinski definition) is 5. The predicted octanol–water partition coefficient (Wildman–Crippen LogP) is 2.65. The summed E-state index contributed by atoms with van der Waals surface area (Å²) < 4.78 is 5.45. The number of rotatable bonds is 10. The van der Waals surface area contributed by atoms with E-state index in [1.165, 1.54) is 0 Å². The minimum atomic E-state index is -1.07. The van der Waals surface area contributed by atoms with Gasteiger partial charge in [0.1, 0.15) is 12.6 Å². The van der Waals surface area contributed by atoms with Crippen LogP contribution >= 0.6 is 0 Å². The second kappa shape index (κ2) is 10.8. The van der Waals surface area contributed by atoms with Crippen molar-refractivity contribution >= 4 is 18.0 Å². The summed E-state index contributed by atoms with van der Waals surface area (Å²) in [6.45, 7) is 1.91. The molecule has 0 fully saturated rings. The lowest BCUT2D eigenvalue weighted by Crippen LogP contribution is -2.47. The van der Waals surface area contributed by atoms with Crippen LogP contribution in [0.15, 0.2) is 48.5 Å². The molecule has 0 aliphatic heterocycles. The summed E-state index contributed by atoms with van der Waals surface area (Å²) >= 11 is 0. The lowest BCUT2D eigenvalue weighted by Gasteiger charge is -2.19. The number of alkyl carbamates (subject to hydrolysis) is 1. The van der Waals surface area contributed by atoms with Crippen molar-refractivity contribution in [1.82, 2.24) is 10.6 Å². The van der Waals surface area contributed by atoms with E-state index in [2.05, 4.69) is 10.6 Å². The Balaban J connectivity index is 1.62. The molecular formula is C24H28N2O6. The molecule has 0 heterocycles. The highest BCUT2D eigenvalue weighted by atomic mass is 16.5. The summed E-state index contributed by atoms with van der Waals surface area (Å²) in [6, 6.07) is 14.9. The number of benzene rings is 2.